The average Bonchev–Trinajstić information content (AvgIpc) is 2.79. The lowest BCUT2D eigenvalue weighted by molar-refractivity contribution is -0.135. The lowest BCUT2D eigenvalue weighted by Crippen LogP contribution is -2.47. The van der Waals surface area contributed by atoms with Gasteiger partial charge < -0.3 is 19.7 Å². The fourth-order valence-corrected chi connectivity index (χ4v) is 4.05. The maximum absolute atomic E-state index is 12.7. The van der Waals surface area contributed by atoms with Crippen molar-refractivity contribution in [2.45, 2.75) is 18.9 Å². The van der Waals surface area contributed by atoms with Crippen molar-refractivity contribution in [3.63, 3.8) is 0 Å². The number of nitrogens with zero attached hydrogens (tertiary/aromatic N) is 2. The van der Waals surface area contributed by atoms with E-state index in [1.54, 1.807) is 0 Å². The Hall–Kier alpha value is -3.06. The zero-order valence-electron chi connectivity index (χ0n) is 17.8. The van der Waals surface area contributed by atoms with Gasteiger partial charge in [-0.25, -0.2) is 0 Å². The minimum absolute atomic E-state index is 0.0325. The Labute approximate surface area is 182 Å². The van der Waals surface area contributed by atoms with E-state index in [4.69, 9.17) is 9.47 Å². The van der Waals surface area contributed by atoms with Crippen molar-refractivity contribution in [1.29, 1.82) is 0 Å². The first-order valence-corrected chi connectivity index (χ1v) is 10.8. The van der Waals surface area contributed by atoms with Crippen molar-refractivity contribution in [3.05, 3.63) is 54.6 Å². The molecular formula is C24H29N3O4. The molecular weight excluding hydrogens is 394 g/mol. The van der Waals surface area contributed by atoms with Gasteiger partial charge in [0.2, 0.25) is 11.8 Å². The molecule has 0 aliphatic carbocycles. The number of likely N-dealkylation sites (tertiary alicyclic amines) is 1. The molecule has 0 radical (unpaired) electrons. The number of rotatable bonds is 6. The fraction of sp³-hybridized carbons (Fsp3) is 0.417. The molecule has 1 atom stereocenters. The van der Waals surface area contributed by atoms with Crippen LogP contribution in [0.4, 0.5) is 5.69 Å². The SMILES string of the molecule is CN(CC(=O)N1CCC(C(=O)Nc2ccccc2)CC1)CC1COc2ccccc2O1. The summed E-state index contributed by atoms with van der Waals surface area (Å²) in [6.45, 7) is 2.61. The van der Waals surface area contributed by atoms with Gasteiger partial charge in [-0.2, -0.15) is 0 Å². The van der Waals surface area contributed by atoms with Crippen LogP contribution >= 0.6 is 0 Å². The van der Waals surface area contributed by atoms with Crippen LogP contribution in [-0.2, 0) is 9.59 Å². The van der Waals surface area contributed by atoms with Gasteiger partial charge in [0, 0.05) is 31.2 Å². The summed E-state index contributed by atoms with van der Waals surface area (Å²) in [5.74, 6) is 1.56. The van der Waals surface area contributed by atoms with Gasteiger partial charge in [0.15, 0.2) is 11.5 Å². The van der Waals surface area contributed by atoms with E-state index < -0.39 is 0 Å². The minimum atomic E-state index is -0.111. The number of ether oxygens (including phenoxy) is 2. The summed E-state index contributed by atoms with van der Waals surface area (Å²) in [6.07, 6.45) is 1.26. The molecule has 1 unspecified atom stereocenters. The average molecular weight is 424 g/mol. The third-order valence-electron chi connectivity index (χ3n) is 5.75. The van der Waals surface area contributed by atoms with E-state index in [-0.39, 0.29) is 23.8 Å². The molecule has 1 fully saturated rings. The van der Waals surface area contributed by atoms with Crippen LogP contribution in [0.25, 0.3) is 0 Å². The molecule has 2 aromatic rings. The molecule has 0 aromatic heterocycles. The molecule has 1 N–H and O–H groups in total. The molecule has 4 rings (SSSR count). The highest BCUT2D eigenvalue weighted by atomic mass is 16.6. The van der Waals surface area contributed by atoms with Crippen LogP contribution in [0.2, 0.25) is 0 Å². The molecule has 2 aromatic carbocycles. The van der Waals surface area contributed by atoms with Crippen LogP contribution < -0.4 is 14.8 Å². The monoisotopic (exact) mass is 423 g/mol. The van der Waals surface area contributed by atoms with Gasteiger partial charge in [0.1, 0.15) is 12.7 Å². The van der Waals surface area contributed by atoms with Gasteiger partial charge in [-0.05, 0) is 44.2 Å². The number of anilines is 1. The summed E-state index contributed by atoms with van der Waals surface area (Å²) in [4.78, 5) is 29.0. The number of carbonyl (C=O) groups excluding carboxylic acids is 2. The summed E-state index contributed by atoms with van der Waals surface area (Å²) in [5.41, 5.74) is 0.809. The van der Waals surface area contributed by atoms with Gasteiger partial charge >= 0.3 is 0 Å². The van der Waals surface area contributed by atoms with E-state index in [0.717, 1.165) is 17.2 Å². The maximum atomic E-state index is 12.7. The Balaban J connectivity index is 1.20. The molecule has 2 amide bonds. The van der Waals surface area contributed by atoms with Crippen molar-refractivity contribution >= 4 is 17.5 Å². The fourth-order valence-electron chi connectivity index (χ4n) is 4.05. The van der Waals surface area contributed by atoms with E-state index >= 15 is 0 Å². The Morgan fingerprint density at radius 3 is 2.45 bits per heavy atom. The number of fused-ring (bicyclic) bond motifs is 1. The van der Waals surface area contributed by atoms with Crippen LogP contribution in [0.5, 0.6) is 11.5 Å². The molecule has 2 aliphatic heterocycles. The lowest BCUT2D eigenvalue weighted by atomic mass is 9.95. The van der Waals surface area contributed by atoms with Crippen LogP contribution in [0.15, 0.2) is 54.6 Å². The van der Waals surface area contributed by atoms with Gasteiger partial charge in [-0.3, -0.25) is 14.5 Å². The van der Waals surface area contributed by atoms with Crippen LogP contribution in [-0.4, -0.2) is 67.6 Å². The second kappa shape index (κ2) is 9.83. The van der Waals surface area contributed by atoms with E-state index in [1.807, 2.05) is 71.4 Å². The number of piperidine rings is 1. The Kier molecular flexibility index (Phi) is 6.72. The number of para-hydroxylation sites is 3. The highest BCUT2D eigenvalue weighted by Crippen LogP contribution is 2.31. The third-order valence-corrected chi connectivity index (χ3v) is 5.75. The van der Waals surface area contributed by atoms with E-state index in [9.17, 15) is 9.59 Å². The maximum Gasteiger partial charge on any atom is 0.236 e. The highest BCUT2D eigenvalue weighted by Gasteiger charge is 2.28. The molecule has 0 saturated carbocycles. The van der Waals surface area contributed by atoms with Crippen LogP contribution in [0.3, 0.4) is 0 Å². The van der Waals surface area contributed by atoms with Crippen LogP contribution in [0.1, 0.15) is 12.8 Å². The van der Waals surface area contributed by atoms with Gasteiger partial charge in [0.25, 0.3) is 0 Å². The largest absolute Gasteiger partial charge is 0.486 e. The first-order chi connectivity index (χ1) is 15.1. The normalized spacial score (nSPS) is 18.6. The van der Waals surface area contributed by atoms with E-state index in [1.165, 1.54) is 0 Å². The van der Waals surface area contributed by atoms with Gasteiger partial charge in [-0.15, -0.1) is 0 Å². The van der Waals surface area contributed by atoms with Gasteiger partial charge in [0.05, 0.1) is 6.54 Å². The van der Waals surface area contributed by atoms with Crippen LogP contribution in [0, 0.1) is 5.92 Å². The number of hydrogen-bond donors (Lipinski definition) is 1. The molecule has 0 spiro atoms. The number of hydrogen-bond acceptors (Lipinski definition) is 5. The summed E-state index contributed by atoms with van der Waals surface area (Å²) < 4.78 is 11.7. The topological polar surface area (TPSA) is 71.1 Å². The molecule has 7 nitrogen and oxygen atoms in total. The molecule has 2 heterocycles. The zero-order valence-corrected chi connectivity index (χ0v) is 17.8. The highest BCUT2D eigenvalue weighted by molar-refractivity contribution is 5.92. The smallest absolute Gasteiger partial charge is 0.236 e. The third kappa shape index (κ3) is 5.55. The number of benzene rings is 2. The van der Waals surface area contributed by atoms with Gasteiger partial charge in [-0.1, -0.05) is 30.3 Å². The Morgan fingerprint density at radius 1 is 1.03 bits per heavy atom. The number of amides is 2. The zero-order chi connectivity index (χ0) is 21.6. The summed E-state index contributed by atoms with van der Waals surface area (Å²) in [7, 11) is 1.92. The lowest BCUT2D eigenvalue weighted by Gasteiger charge is -2.33. The molecule has 164 valence electrons. The predicted molar refractivity (Wildman–Crippen MR) is 118 cm³/mol. The van der Waals surface area contributed by atoms with Crippen molar-refractivity contribution in [2.75, 3.05) is 45.2 Å². The second-order valence-corrected chi connectivity index (χ2v) is 8.20. The molecule has 1 saturated heterocycles. The predicted octanol–water partition coefficient (Wildman–Crippen LogP) is 2.64. The summed E-state index contributed by atoms with van der Waals surface area (Å²) in [5, 5.41) is 2.96. The summed E-state index contributed by atoms with van der Waals surface area (Å²) >= 11 is 0. The minimum Gasteiger partial charge on any atom is -0.486 e. The van der Waals surface area contributed by atoms with E-state index in [2.05, 4.69) is 5.32 Å². The number of carbonyl (C=O) groups is 2. The Bertz CT molecular complexity index is 897. The first kappa shape index (κ1) is 21.2. The number of likely N-dealkylation sites (N-methyl/N-ethyl adjacent to an activating group) is 1. The summed E-state index contributed by atoms with van der Waals surface area (Å²) in [6, 6.07) is 17.1. The van der Waals surface area contributed by atoms with Crippen molar-refractivity contribution < 1.29 is 19.1 Å². The molecule has 7 heteroatoms. The Morgan fingerprint density at radius 2 is 1.71 bits per heavy atom. The number of nitrogens with one attached hydrogen (secondary N) is 1. The van der Waals surface area contributed by atoms with E-state index in [0.29, 0.717) is 45.6 Å². The molecule has 0 bridgehead atoms. The second-order valence-electron chi connectivity index (χ2n) is 8.20. The van der Waals surface area contributed by atoms with Crippen molar-refractivity contribution in [2.24, 2.45) is 5.92 Å². The standard InChI is InChI=1S/C24H29N3O4/c1-26(15-20-17-30-21-9-5-6-10-22(21)31-20)16-23(28)27-13-11-18(12-14-27)24(29)25-19-7-3-2-4-8-19/h2-10,18,20H,11-17H2,1H3,(H,25,29). The quantitative estimate of drug-likeness (QED) is 0.774. The first-order valence-electron chi connectivity index (χ1n) is 10.8. The van der Waals surface area contributed by atoms with Crippen molar-refractivity contribution in [3.8, 4) is 11.5 Å². The van der Waals surface area contributed by atoms with Crippen molar-refractivity contribution in [1.82, 2.24) is 9.80 Å². The molecule has 31 heavy (non-hydrogen) atoms. The molecule has 2 aliphatic rings.